The molecule has 70 valence electrons. The van der Waals surface area contributed by atoms with Gasteiger partial charge >= 0.3 is 0 Å². The molecule has 6 nitrogen and oxygen atoms in total. The Morgan fingerprint density at radius 3 is 2.85 bits per heavy atom. The van der Waals surface area contributed by atoms with Crippen LogP contribution < -0.4 is 16.0 Å². The van der Waals surface area contributed by atoms with Crippen LogP contribution in [0.2, 0.25) is 0 Å². The van der Waals surface area contributed by atoms with Gasteiger partial charge in [0.05, 0.1) is 6.20 Å². The molecule has 0 amide bonds. The molecule has 1 aliphatic rings. The normalized spacial score (nSPS) is 17.4. The summed E-state index contributed by atoms with van der Waals surface area (Å²) in [6.07, 6.45) is 1.66. The van der Waals surface area contributed by atoms with Gasteiger partial charge in [0.2, 0.25) is 0 Å². The minimum atomic E-state index is 0.455. The van der Waals surface area contributed by atoms with Gasteiger partial charge in [0.25, 0.3) is 0 Å². The van der Waals surface area contributed by atoms with Crippen molar-refractivity contribution in [3.63, 3.8) is 0 Å². The number of aromatic nitrogens is 3. The highest BCUT2D eigenvalue weighted by molar-refractivity contribution is 5.61. The zero-order valence-electron chi connectivity index (χ0n) is 7.27. The van der Waals surface area contributed by atoms with Crippen LogP contribution in [-0.2, 0) is 0 Å². The molecule has 0 unspecified atom stereocenters. The quantitative estimate of drug-likeness (QED) is 0.569. The molecular weight excluding hydrogens is 168 g/mol. The maximum Gasteiger partial charge on any atom is 0.173 e. The number of nitrogens with zero attached hydrogens (tertiary/aromatic N) is 4. The van der Waals surface area contributed by atoms with Gasteiger partial charge in [0.15, 0.2) is 5.82 Å². The van der Waals surface area contributed by atoms with E-state index in [1.54, 1.807) is 6.20 Å². The molecule has 3 N–H and O–H groups in total. The second-order valence-electron chi connectivity index (χ2n) is 2.94. The average molecular weight is 180 g/mol. The molecule has 0 saturated carbocycles. The summed E-state index contributed by atoms with van der Waals surface area (Å²) < 4.78 is 0. The van der Waals surface area contributed by atoms with Crippen LogP contribution >= 0.6 is 0 Å². The summed E-state index contributed by atoms with van der Waals surface area (Å²) in [7, 11) is 0. The smallest absolute Gasteiger partial charge is 0.173 e. The fourth-order valence-corrected chi connectivity index (χ4v) is 1.42. The van der Waals surface area contributed by atoms with Gasteiger partial charge in [-0.2, -0.15) is 0 Å². The molecule has 0 bridgehead atoms. The summed E-state index contributed by atoms with van der Waals surface area (Å²) in [6.45, 7) is 3.83. The third-order valence-corrected chi connectivity index (χ3v) is 2.10. The van der Waals surface area contributed by atoms with E-state index < -0.39 is 0 Å². The van der Waals surface area contributed by atoms with E-state index in [2.05, 4.69) is 25.6 Å². The van der Waals surface area contributed by atoms with Gasteiger partial charge in [-0.3, -0.25) is 0 Å². The van der Waals surface area contributed by atoms with Gasteiger partial charge in [-0.1, -0.05) is 0 Å². The van der Waals surface area contributed by atoms with Crippen LogP contribution in [0.5, 0.6) is 0 Å². The fourth-order valence-electron chi connectivity index (χ4n) is 1.42. The first kappa shape index (κ1) is 8.18. The summed E-state index contributed by atoms with van der Waals surface area (Å²) >= 11 is 0. The molecule has 0 spiro atoms. The van der Waals surface area contributed by atoms with Gasteiger partial charge in [0, 0.05) is 26.2 Å². The van der Waals surface area contributed by atoms with Crippen LogP contribution in [0.3, 0.4) is 0 Å². The molecular formula is C7H12N6. The number of nitrogens with two attached hydrogens (primary N) is 1. The molecule has 0 atom stereocenters. The second-order valence-corrected chi connectivity index (χ2v) is 2.94. The highest BCUT2D eigenvalue weighted by Gasteiger charge is 2.13. The largest absolute Gasteiger partial charge is 0.380 e. The van der Waals surface area contributed by atoms with E-state index in [-0.39, 0.29) is 0 Å². The Bertz CT molecular complexity index is 282. The van der Waals surface area contributed by atoms with Crippen molar-refractivity contribution in [1.29, 1.82) is 0 Å². The number of hydrogen-bond acceptors (Lipinski definition) is 6. The fraction of sp³-hybridized carbons (Fsp3) is 0.571. The Labute approximate surface area is 76.1 Å². The van der Waals surface area contributed by atoms with Crippen molar-refractivity contribution in [2.24, 2.45) is 0 Å². The molecule has 1 aromatic heterocycles. The van der Waals surface area contributed by atoms with Crippen LogP contribution in [0.15, 0.2) is 6.20 Å². The highest BCUT2D eigenvalue weighted by atomic mass is 15.3. The molecule has 6 heteroatoms. The Kier molecular flexibility index (Phi) is 2.22. The van der Waals surface area contributed by atoms with Gasteiger partial charge in [-0.25, -0.2) is 0 Å². The van der Waals surface area contributed by atoms with E-state index in [9.17, 15) is 0 Å². The lowest BCUT2D eigenvalue weighted by Gasteiger charge is -2.29. The minimum absolute atomic E-state index is 0.455. The summed E-state index contributed by atoms with van der Waals surface area (Å²) in [4.78, 5) is 2.16. The Balaban J connectivity index is 2.18. The van der Waals surface area contributed by atoms with E-state index >= 15 is 0 Å². The van der Waals surface area contributed by atoms with Crippen LogP contribution in [-0.4, -0.2) is 41.6 Å². The van der Waals surface area contributed by atoms with Crippen molar-refractivity contribution in [1.82, 2.24) is 20.7 Å². The highest BCUT2D eigenvalue weighted by Crippen LogP contribution is 2.17. The topological polar surface area (TPSA) is 80.0 Å². The SMILES string of the molecule is Nc1nnncc1N1CCNCC1. The van der Waals surface area contributed by atoms with Crippen molar-refractivity contribution < 1.29 is 0 Å². The average Bonchev–Trinajstić information content (AvgIpc) is 2.20. The van der Waals surface area contributed by atoms with Crippen LogP contribution in [0.4, 0.5) is 11.5 Å². The van der Waals surface area contributed by atoms with Gasteiger partial charge in [0.1, 0.15) is 5.69 Å². The molecule has 2 heterocycles. The van der Waals surface area contributed by atoms with Crippen LogP contribution in [0.25, 0.3) is 0 Å². The Hall–Kier alpha value is -1.43. The number of hydrogen-bond donors (Lipinski definition) is 2. The van der Waals surface area contributed by atoms with Gasteiger partial charge in [-0.05, 0) is 5.21 Å². The Morgan fingerprint density at radius 1 is 1.38 bits per heavy atom. The third-order valence-electron chi connectivity index (χ3n) is 2.10. The molecule has 1 aromatic rings. The van der Waals surface area contributed by atoms with E-state index in [0.29, 0.717) is 5.82 Å². The second kappa shape index (κ2) is 3.53. The first-order valence-electron chi connectivity index (χ1n) is 4.27. The van der Waals surface area contributed by atoms with Gasteiger partial charge in [-0.15, -0.1) is 10.2 Å². The predicted octanol–water partition coefficient (Wildman–Crippen LogP) is -1.14. The van der Waals surface area contributed by atoms with Crippen molar-refractivity contribution in [3.05, 3.63) is 6.20 Å². The van der Waals surface area contributed by atoms with E-state index in [4.69, 9.17) is 5.73 Å². The standard InChI is InChI=1S/C7H12N6/c8-7-6(5-10-12-11-7)13-3-1-9-2-4-13/h5,9H,1-4H2,(H2,8,10,11). The van der Waals surface area contributed by atoms with Crippen LogP contribution in [0, 0.1) is 0 Å². The Morgan fingerprint density at radius 2 is 2.15 bits per heavy atom. The number of nitrogens with one attached hydrogen (secondary N) is 1. The lowest BCUT2D eigenvalue weighted by molar-refractivity contribution is 0.587. The number of piperazine rings is 1. The lowest BCUT2D eigenvalue weighted by atomic mass is 10.3. The van der Waals surface area contributed by atoms with Crippen molar-refractivity contribution >= 4 is 11.5 Å². The number of anilines is 2. The lowest BCUT2D eigenvalue weighted by Crippen LogP contribution is -2.43. The maximum absolute atomic E-state index is 5.68. The van der Waals surface area contributed by atoms with Gasteiger partial charge < -0.3 is 16.0 Å². The summed E-state index contributed by atoms with van der Waals surface area (Å²) in [5.41, 5.74) is 6.56. The summed E-state index contributed by atoms with van der Waals surface area (Å²) in [5.74, 6) is 0.455. The molecule has 0 aromatic carbocycles. The molecule has 1 saturated heterocycles. The molecule has 13 heavy (non-hydrogen) atoms. The van der Waals surface area contributed by atoms with Crippen LogP contribution in [0.1, 0.15) is 0 Å². The zero-order chi connectivity index (χ0) is 9.10. The molecule has 1 fully saturated rings. The predicted molar refractivity (Wildman–Crippen MR) is 49.3 cm³/mol. The van der Waals surface area contributed by atoms with Crippen molar-refractivity contribution in [2.45, 2.75) is 0 Å². The molecule has 0 radical (unpaired) electrons. The van der Waals surface area contributed by atoms with E-state index in [0.717, 1.165) is 31.9 Å². The molecule has 1 aliphatic heterocycles. The summed E-state index contributed by atoms with van der Waals surface area (Å²) in [5, 5.41) is 14.2. The first-order chi connectivity index (χ1) is 6.38. The van der Waals surface area contributed by atoms with E-state index in [1.165, 1.54) is 0 Å². The number of rotatable bonds is 1. The monoisotopic (exact) mass is 180 g/mol. The van der Waals surface area contributed by atoms with Crippen molar-refractivity contribution in [2.75, 3.05) is 36.8 Å². The minimum Gasteiger partial charge on any atom is -0.380 e. The molecule has 2 rings (SSSR count). The van der Waals surface area contributed by atoms with E-state index in [1.807, 2.05) is 0 Å². The van der Waals surface area contributed by atoms with Crippen molar-refractivity contribution in [3.8, 4) is 0 Å². The third kappa shape index (κ3) is 1.67. The maximum atomic E-state index is 5.68. The first-order valence-corrected chi connectivity index (χ1v) is 4.27. The summed E-state index contributed by atoms with van der Waals surface area (Å²) in [6, 6.07) is 0. The molecule has 0 aliphatic carbocycles. The number of nitrogen functional groups attached to an aromatic ring is 1. The zero-order valence-corrected chi connectivity index (χ0v) is 7.27.